The molecule has 0 bridgehead atoms. The van der Waals surface area contributed by atoms with Crippen molar-refractivity contribution in [2.24, 2.45) is 5.41 Å². The molecule has 1 aromatic rings. The fraction of sp³-hybridized carbons (Fsp3) is 0.500. The van der Waals surface area contributed by atoms with Gasteiger partial charge in [0.1, 0.15) is 5.82 Å². The van der Waals surface area contributed by atoms with Crippen LogP contribution in [0.2, 0.25) is 0 Å². The van der Waals surface area contributed by atoms with Crippen molar-refractivity contribution < 1.29 is 9.18 Å². The first-order chi connectivity index (χ1) is 8.73. The Balaban J connectivity index is 0.00000133. The smallest absolute Gasteiger partial charge is 0.233 e. The van der Waals surface area contributed by atoms with Crippen LogP contribution in [0, 0.1) is 11.2 Å². The molecule has 1 aromatic carbocycles. The lowest BCUT2D eigenvalue weighted by Gasteiger charge is -2.32. The minimum atomic E-state index is -0.308. The number of para-hydroxylation sites is 1. The number of rotatable bonds is 1. The van der Waals surface area contributed by atoms with Crippen molar-refractivity contribution in [2.75, 3.05) is 24.5 Å². The molecule has 0 unspecified atom stereocenters. The number of carbonyl (C=O) groups excluding carboxylic acids is 1. The van der Waals surface area contributed by atoms with Crippen LogP contribution in [0.5, 0.6) is 0 Å². The second kappa shape index (κ2) is 5.47. The highest BCUT2D eigenvalue weighted by Gasteiger charge is 2.47. The number of hydrogen-bond acceptors (Lipinski definition) is 2. The highest BCUT2D eigenvalue weighted by atomic mass is 35.5. The van der Waals surface area contributed by atoms with Gasteiger partial charge in [-0.1, -0.05) is 12.1 Å². The van der Waals surface area contributed by atoms with E-state index in [4.69, 9.17) is 0 Å². The summed E-state index contributed by atoms with van der Waals surface area (Å²) in [7, 11) is 0. The Morgan fingerprint density at radius 1 is 1.16 bits per heavy atom. The Morgan fingerprint density at radius 2 is 1.84 bits per heavy atom. The van der Waals surface area contributed by atoms with Crippen LogP contribution in [0.4, 0.5) is 10.1 Å². The standard InChI is InChI=1S/C14H17FN2O.ClH/c15-11-3-1-2-4-12(11)17-10-7-14(13(17)18)5-8-16-9-6-14;/h1-4,16H,5-10H2;1H. The second-order valence-corrected chi connectivity index (χ2v) is 5.19. The van der Waals surface area contributed by atoms with Crippen LogP contribution < -0.4 is 10.2 Å². The predicted octanol–water partition coefficient (Wildman–Crippen LogP) is 2.35. The number of benzene rings is 1. The van der Waals surface area contributed by atoms with Gasteiger partial charge in [-0.3, -0.25) is 4.79 Å². The number of nitrogens with one attached hydrogen (secondary N) is 1. The Kier molecular flexibility index (Phi) is 4.11. The van der Waals surface area contributed by atoms with E-state index < -0.39 is 0 Å². The second-order valence-electron chi connectivity index (χ2n) is 5.19. The van der Waals surface area contributed by atoms with Gasteiger partial charge in [-0.2, -0.15) is 0 Å². The molecule has 1 spiro atoms. The number of nitrogens with zero attached hydrogens (tertiary/aromatic N) is 1. The van der Waals surface area contributed by atoms with E-state index in [0.29, 0.717) is 12.2 Å². The maximum atomic E-state index is 13.8. The van der Waals surface area contributed by atoms with E-state index in [-0.39, 0.29) is 29.5 Å². The third kappa shape index (κ3) is 2.35. The lowest BCUT2D eigenvalue weighted by atomic mass is 9.78. The van der Waals surface area contributed by atoms with Gasteiger partial charge >= 0.3 is 0 Å². The van der Waals surface area contributed by atoms with Crippen molar-refractivity contribution in [3.05, 3.63) is 30.1 Å². The van der Waals surface area contributed by atoms with Crippen molar-refractivity contribution in [3.8, 4) is 0 Å². The first-order valence-electron chi connectivity index (χ1n) is 6.50. The zero-order chi connectivity index (χ0) is 12.6. The molecular formula is C14H18ClFN2O. The van der Waals surface area contributed by atoms with E-state index in [0.717, 1.165) is 32.4 Å². The van der Waals surface area contributed by atoms with Gasteiger partial charge in [0.05, 0.1) is 11.1 Å². The topological polar surface area (TPSA) is 32.3 Å². The minimum Gasteiger partial charge on any atom is -0.317 e. The average Bonchev–Trinajstić information content (AvgIpc) is 2.69. The third-order valence-electron chi connectivity index (χ3n) is 4.22. The zero-order valence-corrected chi connectivity index (χ0v) is 11.5. The van der Waals surface area contributed by atoms with E-state index in [9.17, 15) is 9.18 Å². The van der Waals surface area contributed by atoms with Crippen molar-refractivity contribution in [2.45, 2.75) is 19.3 Å². The Bertz CT molecular complexity index is 474. The summed E-state index contributed by atoms with van der Waals surface area (Å²) >= 11 is 0. The van der Waals surface area contributed by atoms with Crippen LogP contribution in [0.25, 0.3) is 0 Å². The molecule has 5 heteroatoms. The molecule has 1 N–H and O–H groups in total. The van der Waals surface area contributed by atoms with Crippen LogP contribution in [0.1, 0.15) is 19.3 Å². The van der Waals surface area contributed by atoms with Crippen LogP contribution >= 0.6 is 12.4 Å². The highest BCUT2D eigenvalue weighted by Crippen LogP contribution is 2.42. The van der Waals surface area contributed by atoms with Gasteiger partial charge < -0.3 is 10.2 Å². The molecule has 2 aliphatic heterocycles. The van der Waals surface area contributed by atoms with Gasteiger partial charge in [0.2, 0.25) is 5.91 Å². The molecule has 2 saturated heterocycles. The van der Waals surface area contributed by atoms with Gasteiger partial charge in [0.15, 0.2) is 0 Å². The fourth-order valence-electron chi connectivity index (χ4n) is 3.09. The largest absolute Gasteiger partial charge is 0.317 e. The van der Waals surface area contributed by atoms with E-state index in [1.54, 1.807) is 23.1 Å². The molecule has 2 fully saturated rings. The van der Waals surface area contributed by atoms with Crippen molar-refractivity contribution in [1.82, 2.24) is 5.32 Å². The van der Waals surface area contributed by atoms with Crippen LogP contribution in [0.3, 0.4) is 0 Å². The molecule has 0 saturated carbocycles. The van der Waals surface area contributed by atoms with E-state index in [1.165, 1.54) is 6.07 Å². The zero-order valence-electron chi connectivity index (χ0n) is 10.7. The maximum Gasteiger partial charge on any atom is 0.233 e. The van der Waals surface area contributed by atoms with Gasteiger partial charge in [0, 0.05) is 6.54 Å². The van der Waals surface area contributed by atoms with Crippen molar-refractivity contribution >= 4 is 24.0 Å². The number of amides is 1. The SMILES string of the molecule is Cl.O=C1N(c2ccccc2F)CCC12CCNCC2. The van der Waals surface area contributed by atoms with Gasteiger partial charge in [-0.15, -0.1) is 12.4 Å². The quantitative estimate of drug-likeness (QED) is 0.859. The molecule has 1 amide bonds. The molecule has 2 aliphatic rings. The van der Waals surface area contributed by atoms with Crippen molar-refractivity contribution in [1.29, 1.82) is 0 Å². The summed E-state index contributed by atoms with van der Waals surface area (Å²) in [6, 6.07) is 6.53. The average molecular weight is 285 g/mol. The molecule has 3 rings (SSSR count). The summed E-state index contributed by atoms with van der Waals surface area (Å²) in [5.74, 6) is -0.203. The summed E-state index contributed by atoms with van der Waals surface area (Å²) in [5, 5.41) is 3.28. The summed E-state index contributed by atoms with van der Waals surface area (Å²) in [4.78, 5) is 14.2. The first-order valence-corrected chi connectivity index (χ1v) is 6.50. The predicted molar refractivity (Wildman–Crippen MR) is 75.2 cm³/mol. The molecule has 0 atom stereocenters. The normalized spacial score (nSPS) is 21.5. The van der Waals surface area contributed by atoms with E-state index >= 15 is 0 Å². The maximum absolute atomic E-state index is 13.8. The Labute approximate surface area is 118 Å². The molecule has 0 aliphatic carbocycles. The lowest BCUT2D eigenvalue weighted by Crippen LogP contribution is -2.42. The fourth-order valence-corrected chi connectivity index (χ4v) is 3.09. The van der Waals surface area contributed by atoms with Crippen LogP contribution in [0.15, 0.2) is 24.3 Å². The minimum absolute atomic E-state index is 0. The number of carbonyl (C=O) groups is 1. The molecule has 19 heavy (non-hydrogen) atoms. The number of hydrogen-bond donors (Lipinski definition) is 1. The Hall–Kier alpha value is -1.13. The molecule has 0 radical (unpaired) electrons. The van der Waals surface area contributed by atoms with Crippen LogP contribution in [-0.4, -0.2) is 25.5 Å². The summed E-state index contributed by atoms with van der Waals surface area (Å²) in [6.45, 7) is 2.41. The summed E-state index contributed by atoms with van der Waals surface area (Å²) in [5.41, 5.74) is 0.186. The monoisotopic (exact) mass is 284 g/mol. The van der Waals surface area contributed by atoms with Crippen molar-refractivity contribution in [3.63, 3.8) is 0 Å². The highest BCUT2D eigenvalue weighted by molar-refractivity contribution is 6.00. The van der Waals surface area contributed by atoms with E-state index in [1.807, 2.05) is 0 Å². The molecule has 0 aromatic heterocycles. The number of anilines is 1. The van der Waals surface area contributed by atoms with Gasteiger partial charge in [0.25, 0.3) is 0 Å². The van der Waals surface area contributed by atoms with E-state index in [2.05, 4.69) is 5.32 Å². The molecule has 3 nitrogen and oxygen atoms in total. The summed E-state index contributed by atoms with van der Waals surface area (Å²) in [6.07, 6.45) is 2.59. The molecule has 104 valence electrons. The molecular weight excluding hydrogens is 267 g/mol. The van der Waals surface area contributed by atoms with Gasteiger partial charge in [-0.05, 0) is 44.5 Å². The summed E-state index contributed by atoms with van der Waals surface area (Å²) < 4.78 is 13.8. The Morgan fingerprint density at radius 3 is 2.53 bits per heavy atom. The number of piperidine rings is 1. The molecule has 2 heterocycles. The van der Waals surface area contributed by atoms with Gasteiger partial charge in [-0.25, -0.2) is 4.39 Å². The first kappa shape index (κ1) is 14.3. The lowest BCUT2D eigenvalue weighted by molar-refractivity contribution is -0.126. The van der Waals surface area contributed by atoms with Crippen LogP contribution in [-0.2, 0) is 4.79 Å². The number of halogens is 2. The third-order valence-corrected chi connectivity index (χ3v) is 4.22.